The summed E-state index contributed by atoms with van der Waals surface area (Å²) in [6.07, 6.45) is 2.28. The Kier molecular flexibility index (Phi) is 3.61. The van der Waals surface area contributed by atoms with E-state index in [0.29, 0.717) is 6.42 Å². The van der Waals surface area contributed by atoms with E-state index in [0.717, 1.165) is 5.56 Å². The minimum atomic E-state index is -1.10. The summed E-state index contributed by atoms with van der Waals surface area (Å²) < 4.78 is 0. The van der Waals surface area contributed by atoms with Crippen LogP contribution in [0.3, 0.4) is 0 Å². The first-order chi connectivity index (χ1) is 8.65. The molecule has 1 saturated heterocycles. The Morgan fingerprint density at radius 1 is 1.17 bits per heavy atom. The molecule has 0 saturated carbocycles. The number of carbonyl (C=O) groups excluding carboxylic acids is 2. The summed E-state index contributed by atoms with van der Waals surface area (Å²) in [5.74, 6) is -0.446. The number of carbonyl (C=O) groups is 2. The molecule has 0 unspecified atom stereocenters. The number of benzene rings is 1. The van der Waals surface area contributed by atoms with Crippen LogP contribution in [0.1, 0.15) is 18.9 Å². The van der Waals surface area contributed by atoms with Crippen molar-refractivity contribution in [2.75, 3.05) is 6.26 Å². The van der Waals surface area contributed by atoms with Gasteiger partial charge in [0, 0.05) is 0 Å². The number of hydrogen-bond donors (Lipinski definition) is 2. The predicted molar refractivity (Wildman–Crippen MR) is 72.0 cm³/mol. The lowest BCUT2D eigenvalue weighted by atomic mass is 9.75. The second-order valence-electron chi connectivity index (χ2n) is 4.19. The van der Waals surface area contributed by atoms with E-state index in [9.17, 15) is 9.59 Å². The third-order valence-electron chi connectivity index (χ3n) is 3.33. The Hall–Kier alpha value is -1.49. The topological polar surface area (TPSA) is 58.2 Å². The number of rotatable bonds is 3. The van der Waals surface area contributed by atoms with E-state index in [-0.39, 0.29) is 17.3 Å². The van der Waals surface area contributed by atoms with Crippen molar-refractivity contribution in [3.05, 3.63) is 35.9 Å². The number of amides is 2. The molecule has 0 radical (unpaired) electrons. The van der Waals surface area contributed by atoms with Gasteiger partial charge in [0.2, 0.25) is 11.8 Å². The van der Waals surface area contributed by atoms with E-state index in [2.05, 4.69) is 10.6 Å². The Bertz CT molecular complexity index is 443. The lowest BCUT2D eigenvalue weighted by Crippen LogP contribution is -2.65. The smallest absolute Gasteiger partial charge is 0.242 e. The van der Waals surface area contributed by atoms with E-state index >= 15 is 0 Å². The van der Waals surface area contributed by atoms with Gasteiger partial charge in [-0.2, -0.15) is 0 Å². The predicted octanol–water partition coefficient (Wildman–Crippen LogP) is 1.23. The van der Waals surface area contributed by atoms with Gasteiger partial charge < -0.3 is 10.6 Å². The SMILES string of the molecule is CCC1(c2ccccc2)C(=O)NC(SC)NC1=O. The fourth-order valence-corrected chi connectivity index (χ4v) is 2.70. The second-order valence-corrected chi connectivity index (χ2v) is 5.13. The van der Waals surface area contributed by atoms with Crippen molar-refractivity contribution in [1.29, 1.82) is 0 Å². The fraction of sp³-hybridized carbons (Fsp3) is 0.385. The van der Waals surface area contributed by atoms with Gasteiger partial charge in [-0.1, -0.05) is 37.3 Å². The van der Waals surface area contributed by atoms with Crippen LogP contribution in [0.2, 0.25) is 0 Å². The van der Waals surface area contributed by atoms with E-state index in [1.54, 1.807) is 0 Å². The van der Waals surface area contributed by atoms with Crippen LogP contribution in [-0.4, -0.2) is 23.6 Å². The van der Waals surface area contributed by atoms with E-state index in [4.69, 9.17) is 0 Å². The van der Waals surface area contributed by atoms with Crippen molar-refractivity contribution in [3.8, 4) is 0 Å². The maximum absolute atomic E-state index is 12.3. The molecule has 0 atom stereocenters. The molecule has 0 spiro atoms. The zero-order valence-electron chi connectivity index (χ0n) is 10.4. The van der Waals surface area contributed by atoms with Crippen LogP contribution in [0.25, 0.3) is 0 Å². The van der Waals surface area contributed by atoms with Crippen molar-refractivity contribution in [2.45, 2.75) is 24.3 Å². The molecule has 5 heteroatoms. The first kappa shape index (κ1) is 13.0. The standard InChI is InChI=1S/C13H16N2O2S/c1-3-13(9-7-5-4-6-8-9)10(16)14-12(18-2)15-11(13)17/h4-8,12H,3H2,1-2H3,(H,14,16)(H,15,17). The summed E-state index contributed by atoms with van der Waals surface area (Å²) in [5, 5.41) is 5.66. The summed E-state index contributed by atoms with van der Waals surface area (Å²) in [4.78, 5) is 24.7. The van der Waals surface area contributed by atoms with Crippen molar-refractivity contribution < 1.29 is 9.59 Å². The van der Waals surface area contributed by atoms with Gasteiger partial charge in [0.1, 0.15) is 5.50 Å². The molecule has 18 heavy (non-hydrogen) atoms. The second kappa shape index (κ2) is 5.02. The summed E-state index contributed by atoms with van der Waals surface area (Å²) in [5.41, 5.74) is -0.705. The highest BCUT2D eigenvalue weighted by molar-refractivity contribution is 7.99. The summed E-state index contributed by atoms with van der Waals surface area (Å²) in [6, 6.07) is 9.20. The van der Waals surface area contributed by atoms with Crippen LogP contribution in [0.15, 0.2) is 30.3 Å². The van der Waals surface area contributed by atoms with Gasteiger partial charge in [-0.15, -0.1) is 11.8 Å². The number of thioether (sulfide) groups is 1. The van der Waals surface area contributed by atoms with Crippen molar-refractivity contribution in [2.24, 2.45) is 0 Å². The molecular weight excluding hydrogens is 248 g/mol. The molecule has 4 nitrogen and oxygen atoms in total. The van der Waals surface area contributed by atoms with Gasteiger partial charge in [-0.3, -0.25) is 9.59 Å². The number of hydrogen-bond acceptors (Lipinski definition) is 3. The summed E-state index contributed by atoms with van der Waals surface area (Å²) in [7, 11) is 0. The summed E-state index contributed by atoms with van der Waals surface area (Å²) in [6.45, 7) is 1.85. The fourth-order valence-electron chi connectivity index (χ4n) is 2.25. The maximum atomic E-state index is 12.3. The number of nitrogens with one attached hydrogen (secondary N) is 2. The third-order valence-corrected chi connectivity index (χ3v) is 4.04. The molecular formula is C13H16N2O2S. The highest BCUT2D eigenvalue weighted by Gasteiger charge is 2.49. The first-order valence-corrected chi connectivity index (χ1v) is 7.14. The van der Waals surface area contributed by atoms with Gasteiger partial charge in [0.25, 0.3) is 0 Å². The molecule has 0 aliphatic carbocycles. The third kappa shape index (κ3) is 1.88. The van der Waals surface area contributed by atoms with Crippen molar-refractivity contribution in [1.82, 2.24) is 10.6 Å². The molecule has 2 N–H and O–H groups in total. The quantitative estimate of drug-likeness (QED) is 0.807. The Morgan fingerprint density at radius 3 is 2.17 bits per heavy atom. The van der Waals surface area contributed by atoms with Gasteiger partial charge >= 0.3 is 0 Å². The molecule has 96 valence electrons. The van der Waals surface area contributed by atoms with Gasteiger partial charge in [-0.25, -0.2) is 0 Å². The lowest BCUT2D eigenvalue weighted by Gasteiger charge is -2.38. The van der Waals surface area contributed by atoms with Crippen molar-refractivity contribution in [3.63, 3.8) is 0 Å². The molecule has 1 fully saturated rings. The molecule has 1 aromatic carbocycles. The van der Waals surface area contributed by atoms with Crippen LogP contribution < -0.4 is 10.6 Å². The lowest BCUT2D eigenvalue weighted by molar-refractivity contribution is -0.142. The average Bonchev–Trinajstić information content (AvgIpc) is 2.40. The van der Waals surface area contributed by atoms with Crippen LogP contribution in [0, 0.1) is 0 Å². The minimum Gasteiger partial charge on any atom is -0.326 e. The molecule has 1 aliphatic rings. The molecule has 0 aromatic heterocycles. The molecule has 1 aliphatic heterocycles. The normalized spacial score (nSPS) is 27.6. The van der Waals surface area contributed by atoms with E-state index in [1.165, 1.54) is 11.8 Å². The molecule has 1 aromatic rings. The molecule has 2 amide bonds. The molecule has 2 rings (SSSR count). The largest absolute Gasteiger partial charge is 0.326 e. The van der Waals surface area contributed by atoms with Gasteiger partial charge in [0.15, 0.2) is 5.41 Å². The monoisotopic (exact) mass is 264 g/mol. The van der Waals surface area contributed by atoms with Crippen LogP contribution in [0.4, 0.5) is 0 Å². The van der Waals surface area contributed by atoms with Gasteiger partial charge in [-0.05, 0) is 18.2 Å². The highest BCUT2D eigenvalue weighted by Crippen LogP contribution is 2.31. The van der Waals surface area contributed by atoms with Crippen molar-refractivity contribution >= 4 is 23.6 Å². The Labute approximate surface area is 111 Å². The van der Waals surface area contributed by atoms with Crippen LogP contribution in [-0.2, 0) is 15.0 Å². The Morgan fingerprint density at radius 2 is 1.72 bits per heavy atom. The zero-order valence-corrected chi connectivity index (χ0v) is 11.2. The zero-order chi connectivity index (χ0) is 13.2. The highest BCUT2D eigenvalue weighted by atomic mass is 32.2. The van der Waals surface area contributed by atoms with E-state index in [1.807, 2.05) is 43.5 Å². The van der Waals surface area contributed by atoms with E-state index < -0.39 is 5.41 Å². The Balaban J connectivity index is 2.44. The molecule has 0 bridgehead atoms. The van der Waals surface area contributed by atoms with Crippen LogP contribution in [0.5, 0.6) is 0 Å². The maximum Gasteiger partial charge on any atom is 0.242 e. The first-order valence-electron chi connectivity index (χ1n) is 5.85. The molecule has 1 heterocycles. The minimum absolute atomic E-state index is 0.223. The average molecular weight is 264 g/mol. The summed E-state index contributed by atoms with van der Waals surface area (Å²) >= 11 is 1.40. The van der Waals surface area contributed by atoms with Gasteiger partial charge in [0.05, 0.1) is 0 Å². The van der Waals surface area contributed by atoms with Crippen LogP contribution >= 0.6 is 11.8 Å².